The van der Waals surface area contributed by atoms with Crippen molar-refractivity contribution in [1.29, 1.82) is 0 Å². The van der Waals surface area contributed by atoms with Gasteiger partial charge in [0.05, 0.1) is 7.11 Å². The molecule has 0 spiro atoms. The Balaban J connectivity index is 1.77. The van der Waals surface area contributed by atoms with Gasteiger partial charge in [0.25, 0.3) is 5.22 Å². The van der Waals surface area contributed by atoms with E-state index in [2.05, 4.69) is 10.2 Å². The monoisotopic (exact) mass is 432 g/mol. The van der Waals surface area contributed by atoms with Gasteiger partial charge in [0, 0.05) is 11.9 Å². The molecule has 1 aromatic heterocycles. The standard InChI is InChI=1S/C20H17ClN2O5S/c1-12-22-23-20(28-12)29-18(19(24)25)10-14-5-8-16(17(9-14)26-2)27-11-13-3-6-15(21)7-4-13/h3-10H,11H2,1-2H3,(H,24,25)/b18-10-. The third kappa shape index (κ3) is 5.75. The van der Waals surface area contributed by atoms with Crippen molar-refractivity contribution in [3.63, 3.8) is 0 Å². The van der Waals surface area contributed by atoms with Gasteiger partial charge in [-0.25, -0.2) is 4.79 Å². The number of halogens is 1. The zero-order chi connectivity index (χ0) is 20.8. The number of carboxylic acid groups (broad SMARTS) is 1. The van der Waals surface area contributed by atoms with Crippen molar-refractivity contribution < 1.29 is 23.8 Å². The summed E-state index contributed by atoms with van der Waals surface area (Å²) in [6.45, 7) is 1.98. The third-order valence-electron chi connectivity index (χ3n) is 3.71. The molecule has 9 heteroatoms. The van der Waals surface area contributed by atoms with Gasteiger partial charge in [-0.15, -0.1) is 10.2 Å². The first-order chi connectivity index (χ1) is 13.9. The minimum absolute atomic E-state index is 0.0329. The molecular weight excluding hydrogens is 416 g/mol. The van der Waals surface area contributed by atoms with Crippen LogP contribution in [0.25, 0.3) is 6.08 Å². The van der Waals surface area contributed by atoms with Gasteiger partial charge in [-0.05, 0) is 53.2 Å². The van der Waals surface area contributed by atoms with E-state index >= 15 is 0 Å². The smallest absolute Gasteiger partial charge is 0.342 e. The third-order valence-corrected chi connectivity index (χ3v) is 4.81. The summed E-state index contributed by atoms with van der Waals surface area (Å²) in [5, 5.41) is 17.8. The lowest BCUT2D eigenvalue weighted by Gasteiger charge is -2.12. The summed E-state index contributed by atoms with van der Waals surface area (Å²) in [6, 6.07) is 12.5. The molecule has 29 heavy (non-hydrogen) atoms. The second-order valence-corrected chi connectivity index (χ2v) is 7.26. The molecule has 1 heterocycles. The van der Waals surface area contributed by atoms with Crippen LogP contribution in [0.2, 0.25) is 5.02 Å². The van der Waals surface area contributed by atoms with Gasteiger partial charge >= 0.3 is 5.97 Å². The van der Waals surface area contributed by atoms with Gasteiger partial charge in [-0.1, -0.05) is 29.8 Å². The molecule has 0 unspecified atom stereocenters. The molecule has 0 bridgehead atoms. The number of carbonyl (C=O) groups is 1. The zero-order valence-electron chi connectivity index (χ0n) is 15.6. The van der Waals surface area contributed by atoms with Crippen molar-refractivity contribution in [1.82, 2.24) is 10.2 Å². The summed E-state index contributed by atoms with van der Waals surface area (Å²) in [6.07, 6.45) is 1.50. The van der Waals surface area contributed by atoms with Gasteiger partial charge in [0.2, 0.25) is 5.89 Å². The van der Waals surface area contributed by atoms with Crippen LogP contribution in [0.1, 0.15) is 17.0 Å². The van der Waals surface area contributed by atoms with Crippen LogP contribution in [0.3, 0.4) is 0 Å². The molecule has 0 aliphatic carbocycles. The van der Waals surface area contributed by atoms with E-state index in [1.165, 1.54) is 13.2 Å². The highest BCUT2D eigenvalue weighted by atomic mass is 35.5. The Hall–Kier alpha value is -2.97. The Labute approximate surface area is 176 Å². The van der Waals surface area contributed by atoms with E-state index in [4.69, 9.17) is 25.5 Å². The highest BCUT2D eigenvalue weighted by Gasteiger charge is 2.15. The van der Waals surface area contributed by atoms with Crippen molar-refractivity contribution >= 4 is 35.4 Å². The van der Waals surface area contributed by atoms with Crippen LogP contribution >= 0.6 is 23.4 Å². The van der Waals surface area contributed by atoms with Crippen LogP contribution in [-0.2, 0) is 11.4 Å². The lowest BCUT2D eigenvalue weighted by atomic mass is 10.2. The van der Waals surface area contributed by atoms with Gasteiger partial charge in [-0.3, -0.25) is 0 Å². The summed E-state index contributed by atoms with van der Waals surface area (Å²) in [5.74, 6) is 0.279. The molecule has 0 atom stereocenters. The Bertz CT molecular complexity index is 1030. The number of methoxy groups -OCH3 is 1. The SMILES string of the molecule is COc1cc(/C=C(\Sc2nnc(C)o2)C(=O)O)ccc1OCc1ccc(Cl)cc1. The van der Waals surface area contributed by atoms with E-state index in [0.717, 1.165) is 17.3 Å². The maximum Gasteiger partial charge on any atom is 0.342 e. The van der Waals surface area contributed by atoms with Crippen molar-refractivity contribution in [2.24, 2.45) is 0 Å². The van der Waals surface area contributed by atoms with Crippen LogP contribution in [0.5, 0.6) is 11.5 Å². The molecule has 0 radical (unpaired) electrons. The molecule has 0 aliphatic rings. The molecule has 3 aromatic rings. The van der Waals surface area contributed by atoms with Gasteiger partial charge in [0.15, 0.2) is 11.5 Å². The number of aliphatic carboxylic acids is 1. The maximum absolute atomic E-state index is 11.6. The van der Waals surface area contributed by atoms with E-state index in [-0.39, 0.29) is 10.1 Å². The van der Waals surface area contributed by atoms with Crippen LogP contribution < -0.4 is 9.47 Å². The van der Waals surface area contributed by atoms with Crippen molar-refractivity contribution in [3.8, 4) is 11.5 Å². The van der Waals surface area contributed by atoms with E-state index in [1.54, 1.807) is 37.3 Å². The predicted molar refractivity (Wildman–Crippen MR) is 109 cm³/mol. The van der Waals surface area contributed by atoms with Crippen LogP contribution in [-0.4, -0.2) is 28.4 Å². The first-order valence-electron chi connectivity index (χ1n) is 8.43. The van der Waals surface area contributed by atoms with Gasteiger partial charge in [-0.2, -0.15) is 0 Å². The highest BCUT2D eigenvalue weighted by Crippen LogP contribution is 2.32. The topological polar surface area (TPSA) is 94.7 Å². The summed E-state index contributed by atoms with van der Waals surface area (Å²) in [7, 11) is 1.52. The zero-order valence-corrected chi connectivity index (χ0v) is 17.2. The number of nitrogens with zero attached hydrogens (tertiary/aromatic N) is 2. The number of thioether (sulfide) groups is 1. The number of ether oxygens (including phenoxy) is 2. The van der Waals surface area contributed by atoms with E-state index in [9.17, 15) is 9.90 Å². The minimum atomic E-state index is -1.10. The average Bonchev–Trinajstić information content (AvgIpc) is 3.12. The quantitative estimate of drug-likeness (QED) is 0.399. The van der Waals surface area contributed by atoms with E-state index < -0.39 is 5.97 Å². The second-order valence-electron chi connectivity index (χ2n) is 5.83. The Morgan fingerprint density at radius 1 is 1.21 bits per heavy atom. The van der Waals surface area contributed by atoms with Crippen LogP contribution in [0.4, 0.5) is 0 Å². The maximum atomic E-state index is 11.6. The van der Waals surface area contributed by atoms with Crippen molar-refractivity contribution in [3.05, 3.63) is 69.4 Å². The normalized spacial score (nSPS) is 11.3. The predicted octanol–water partition coefficient (Wildman–Crippen LogP) is 4.84. The number of benzene rings is 2. The molecule has 0 amide bonds. The summed E-state index contributed by atoms with van der Waals surface area (Å²) in [4.78, 5) is 11.6. The molecule has 0 fully saturated rings. The van der Waals surface area contributed by atoms with Crippen molar-refractivity contribution in [2.45, 2.75) is 18.8 Å². The molecule has 2 aromatic carbocycles. The number of aromatic nitrogens is 2. The number of hydrogen-bond acceptors (Lipinski definition) is 7. The fourth-order valence-corrected chi connectivity index (χ4v) is 3.18. The lowest BCUT2D eigenvalue weighted by molar-refractivity contribution is -0.131. The Kier molecular flexibility index (Phi) is 6.79. The molecular formula is C20H17ClN2O5S. The molecule has 0 saturated heterocycles. The number of aryl methyl sites for hydroxylation is 1. The first kappa shape index (κ1) is 20.8. The molecule has 0 aliphatic heterocycles. The second kappa shape index (κ2) is 9.49. The Morgan fingerprint density at radius 2 is 1.97 bits per heavy atom. The van der Waals surface area contributed by atoms with Crippen LogP contribution in [0, 0.1) is 6.92 Å². The lowest BCUT2D eigenvalue weighted by Crippen LogP contribution is -1.99. The van der Waals surface area contributed by atoms with Gasteiger partial charge < -0.3 is 19.0 Å². The molecule has 3 rings (SSSR count). The fraction of sp³-hybridized carbons (Fsp3) is 0.150. The molecule has 0 saturated carbocycles. The largest absolute Gasteiger partial charge is 0.493 e. The average molecular weight is 433 g/mol. The Morgan fingerprint density at radius 3 is 2.59 bits per heavy atom. The molecule has 150 valence electrons. The number of hydrogen-bond donors (Lipinski definition) is 1. The van der Waals surface area contributed by atoms with E-state index in [0.29, 0.717) is 34.6 Å². The van der Waals surface area contributed by atoms with Gasteiger partial charge in [0.1, 0.15) is 11.5 Å². The molecule has 1 N–H and O–H groups in total. The summed E-state index contributed by atoms with van der Waals surface area (Å²) in [5.41, 5.74) is 1.58. The van der Waals surface area contributed by atoms with Crippen molar-refractivity contribution in [2.75, 3.05) is 7.11 Å². The summed E-state index contributed by atoms with van der Waals surface area (Å²) < 4.78 is 16.4. The van der Waals surface area contributed by atoms with Crippen LogP contribution in [0.15, 0.2) is 57.0 Å². The number of carboxylic acids is 1. The fourth-order valence-electron chi connectivity index (χ4n) is 2.33. The number of rotatable bonds is 8. The first-order valence-corrected chi connectivity index (χ1v) is 9.62. The molecule has 7 nitrogen and oxygen atoms in total. The minimum Gasteiger partial charge on any atom is -0.493 e. The highest BCUT2D eigenvalue weighted by molar-refractivity contribution is 8.03. The summed E-state index contributed by atoms with van der Waals surface area (Å²) >= 11 is 6.76. The van der Waals surface area contributed by atoms with E-state index in [1.807, 2.05) is 12.1 Å².